The van der Waals surface area contributed by atoms with Gasteiger partial charge in [0, 0.05) is 10.7 Å². The summed E-state index contributed by atoms with van der Waals surface area (Å²) in [4.78, 5) is 0. The van der Waals surface area contributed by atoms with Gasteiger partial charge in [-0.1, -0.05) is 0 Å². The molecule has 0 nitrogen and oxygen atoms in total. The molecule has 0 aliphatic carbocycles. The standard InChI is InChI=1S/C6H3I3.C2H4/c7-4-1-2-5(8)6(9)3-4;1-2/h1-3H;1-2H2. The topological polar surface area (TPSA) is 0 Å². The van der Waals surface area contributed by atoms with E-state index < -0.39 is 0 Å². The fraction of sp³-hybridized carbons (Fsp3) is 0. The molecule has 0 amide bonds. The molecule has 0 heterocycles. The van der Waals surface area contributed by atoms with Crippen LogP contribution in [0.15, 0.2) is 31.4 Å². The predicted molar refractivity (Wildman–Crippen MR) is 75.8 cm³/mol. The first-order valence-corrected chi connectivity index (χ1v) is 6.04. The first kappa shape index (κ1) is 12.2. The smallest absolute Gasteiger partial charge is 0.0274 e. The van der Waals surface area contributed by atoms with Crippen molar-refractivity contribution in [3.63, 3.8) is 0 Å². The minimum atomic E-state index is 1.30. The van der Waals surface area contributed by atoms with Crippen LogP contribution >= 0.6 is 67.8 Å². The Morgan fingerprint density at radius 1 is 0.909 bits per heavy atom. The van der Waals surface area contributed by atoms with E-state index in [-0.39, 0.29) is 0 Å². The molecule has 1 rings (SSSR count). The van der Waals surface area contributed by atoms with Crippen molar-refractivity contribution in [3.05, 3.63) is 42.1 Å². The zero-order valence-corrected chi connectivity index (χ0v) is 12.3. The molecule has 0 spiro atoms. The molecule has 0 saturated carbocycles. The number of hydrogen-bond acceptors (Lipinski definition) is 0. The highest BCUT2D eigenvalue weighted by Crippen LogP contribution is 2.17. The Hall–Kier alpha value is 1.15. The lowest BCUT2D eigenvalue weighted by atomic mass is 10.4. The summed E-state index contributed by atoms with van der Waals surface area (Å²) >= 11 is 6.98. The largest absolute Gasteiger partial charge is 0.106 e. The molecule has 0 aliphatic rings. The van der Waals surface area contributed by atoms with Gasteiger partial charge in [0.2, 0.25) is 0 Å². The molecule has 0 bridgehead atoms. The highest BCUT2D eigenvalue weighted by atomic mass is 127. The average Bonchev–Trinajstić information content (AvgIpc) is 2.02. The molecule has 60 valence electrons. The minimum Gasteiger partial charge on any atom is -0.106 e. The monoisotopic (exact) mass is 484 g/mol. The summed E-state index contributed by atoms with van der Waals surface area (Å²) in [6.45, 7) is 6.00. The van der Waals surface area contributed by atoms with E-state index in [0.29, 0.717) is 0 Å². The molecule has 0 N–H and O–H groups in total. The van der Waals surface area contributed by atoms with E-state index in [4.69, 9.17) is 0 Å². The van der Waals surface area contributed by atoms with E-state index in [9.17, 15) is 0 Å². The Kier molecular flexibility index (Phi) is 7.34. The number of halogens is 3. The summed E-state index contributed by atoms with van der Waals surface area (Å²) in [6, 6.07) is 6.41. The van der Waals surface area contributed by atoms with Gasteiger partial charge in [0.25, 0.3) is 0 Å². The van der Waals surface area contributed by atoms with E-state index in [1.165, 1.54) is 10.7 Å². The lowest BCUT2D eigenvalue weighted by molar-refractivity contribution is 1.54. The quantitative estimate of drug-likeness (QED) is 0.293. The van der Waals surface area contributed by atoms with Gasteiger partial charge in [-0.2, -0.15) is 0 Å². The summed E-state index contributed by atoms with van der Waals surface area (Å²) in [7, 11) is 0. The number of hydrogen-bond donors (Lipinski definition) is 0. The van der Waals surface area contributed by atoms with Gasteiger partial charge in [-0.25, -0.2) is 0 Å². The molecule has 1 aromatic carbocycles. The fourth-order valence-corrected chi connectivity index (χ4v) is 2.41. The zero-order chi connectivity index (χ0) is 8.85. The molecule has 3 heteroatoms. The van der Waals surface area contributed by atoms with Crippen molar-refractivity contribution >= 4 is 67.8 Å². The van der Waals surface area contributed by atoms with Crippen LogP contribution < -0.4 is 0 Å². The minimum absolute atomic E-state index is 1.30. The molecule has 0 aromatic heterocycles. The van der Waals surface area contributed by atoms with Gasteiger partial charge in [0.1, 0.15) is 0 Å². The molecular formula is C8H7I3. The lowest BCUT2D eigenvalue weighted by Crippen LogP contribution is -1.78. The van der Waals surface area contributed by atoms with Crippen LogP contribution in [-0.2, 0) is 0 Å². The summed E-state index contributed by atoms with van der Waals surface area (Å²) in [5.41, 5.74) is 0. The second-order valence-corrected chi connectivity index (χ2v) is 5.13. The fourth-order valence-electron chi connectivity index (χ4n) is 0.470. The third-order valence-corrected chi connectivity index (χ3v) is 4.42. The van der Waals surface area contributed by atoms with Crippen molar-refractivity contribution in [1.82, 2.24) is 0 Å². The predicted octanol–water partition coefficient (Wildman–Crippen LogP) is 4.30. The maximum atomic E-state index is 3.00. The maximum Gasteiger partial charge on any atom is 0.0274 e. The van der Waals surface area contributed by atoms with Gasteiger partial charge >= 0.3 is 0 Å². The van der Waals surface area contributed by atoms with Gasteiger partial charge < -0.3 is 0 Å². The van der Waals surface area contributed by atoms with Crippen LogP contribution in [0, 0.1) is 10.7 Å². The second-order valence-electron chi connectivity index (χ2n) is 1.56. The van der Waals surface area contributed by atoms with Crippen molar-refractivity contribution in [1.29, 1.82) is 0 Å². The number of benzene rings is 1. The van der Waals surface area contributed by atoms with E-state index in [2.05, 4.69) is 99.1 Å². The van der Waals surface area contributed by atoms with Crippen molar-refractivity contribution in [3.8, 4) is 0 Å². The SMILES string of the molecule is C=C.Ic1ccc(I)c(I)c1. The normalized spacial score (nSPS) is 8.27. The van der Waals surface area contributed by atoms with Crippen molar-refractivity contribution in [2.24, 2.45) is 0 Å². The summed E-state index contributed by atoms with van der Waals surface area (Å²) in [6.07, 6.45) is 0. The first-order valence-electron chi connectivity index (χ1n) is 2.80. The molecule has 0 aliphatic heterocycles. The van der Waals surface area contributed by atoms with Gasteiger partial charge in [-0.3, -0.25) is 0 Å². The molecule has 0 fully saturated rings. The molecule has 0 unspecified atom stereocenters. The van der Waals surface area contributed by atoms with Gasteiger partial charge in [0.15, 0.2) is 0 Å². The molecule has 0 saturated heterocycles. The lowest BCUT2D eigenvalue weighted by Gasteiger charge is -1.94. The highest BCUT2D eigenvalue weighted by molar-refractivity contribution is 14.1. The molecule has 0 atom stereocenters. The third kappa shape index (κ3) is 4.66. The van der Waals surface area contributed by atoms with Gasteiger partial charge in [-0.05, 0) is 86.0 Å². The van der Waals surface area contributed by atoms with Crippen LogP contribution in [0.4, 0.5) is 0 Å². The van der Waals surface area contributed by atoms with Crippen molar-refractivity contribution in [2.75, 3.05) is 0 Å². The highest BCUT2D eigenvalue weighted by Gasteiger charge is 1.93. The van der Waals surface area contributed by atoms with E-state index >= 15 is 0 Å². The first-order chi connectivity index (χ1) is 5.20. The van der Waals surface area contributed by atoms with Crippen LogP contribution in [-0.4, -0.2) is 0 Å². The summed E-state index contributed by atoms with van der Waals surface area (Å²) < 4.78 is 3.96. The molecule has 11 heavy (non-hydrogen) atoms. The van der Waals surface area contributed by atoms with Crippen LogP contribution in [0.5, 0.6) is 0 Å². The van der Waals surface area contributed by atoms with Crippen LogP contribution in [0.1, 0.15) is 0 Å². The van der Waals surface area contributed by atoms with Gasteiger partial charge in [-0.15, -0.1) is 13.2 Å². The Morgan fingerprint density at radius 3 is 1.82 bits per heavy atom. The maximum absolute atomic E-state index is 3.00. The van der Waals surface area contributed by atoms with Gasteiger partial charge in [0.05, 0.1) is 0 Å². The Morgan fingerprint density at radius 2 is 1.45 bits per heavy atom. The van der Waals surface area contributed by atoms with E-state index in [1.807, 2.05) is 0 Å². The number of rotatable bonds is 0. The summed E-state index contributed by atoms with van der Waals surface area (Å²) in [5.74, 6) is 0. The Labute approximate surface area is 108 Å². The molecule has 0 radical (unpaired) electrons. The molecule has 1 aromatic rings. The van der Waals surface area contributed by atoms with E-state index in [0.717, 1.165) is 0 Å². The third-order valence-electron chi connectivity index (χ3n) is 0.882. The average molecular weight is 484 g/mol. The molecular weight excluding hydrogens is 477 g/mol. The second kappa shape index (κ2) is 6.64. The Balaban J connectivity index is 0.000000461. The van der Waals surface area contributed by atoms with Crippen LogP contribution in [0.2, 0.25) is 0 Å². The van der Waals surface area contributed by atoms with Crippen molar-refractivity contribution < 1.29 is 0 Å². The van der Waals surface area contributed by atoms with Crippen molar-refractivity contribution in [2.45, 2.75) is 0 Å². The van der Waals surface area contributed by atoms with Crippen LogP contribution in [0.25, 0.3) is 0 Å². The van der Waals surface area contributed by atoms with E-state index in [1.54, 1.807) is 0 Å². The zero-order valence-electron chi connectivity index (χ0n) is 5.78. The Bertz CT molecular complexity index is 233. The summed E-state index contributed by atoms with van der Waals surface area (Å²) in [5, 5.41) is 0. The van der Waals surface area contributed by atoms with Crippen LogP contribution in [0.3, 0.4) is 0 Å².